The molecule has 0 aliphatic heterocycles. The van der Waals surface area contributed by atoms with Crippen molar-refractivity contribution in [1.29, 1.82) is 0 Å². The molecule has 0 fully saturated rings. The Morgan fingerprint density at radius 1 is 0.439 bits per heavy atom. The predicted molar refractivity (Wildman–Crippen MR) is 264 cm³/mol. The molecule has 0 radical (unpaired) electrons. The first kappa shape index (κ1) is 41.8. The second kappa shape index (κ2) is 16.8. The maximum atomic E-state index is 14.1. The molecule has 10 rings (SSSR count). The summed E-state index contributed by atoms with van der Waals surface area (Å²) in [4.78, 5) is 23.3. The minimum Gasteiger partial charge on any atom is -0.375 e. The third kappa shape index (κ3) is 8.11. The van der Waals surface area contributed by atoms with Crippen LogP contribution in [0.3, 0.4) is 0 Å². The quantitative estimate of drug-likeness (QED) is 0.140. The van der Waals surface area contributed by atoms with Gasteiger partial charge in [-0.05, 0) is 102 Å². The molecular formula is C57H48N6O3. The molecule has 324 valence electrons. The van der Waals surface area contributed by atoms with E-state index < -0.39 is 6.16 Å². The van der Waals surface area contributed by atoms with Crippen molar-refractivity contribution in [2.75, 3.05) is 0 Å². The molecule has 0 atom stereocenters. The maximum absolute atomic E-state index is 14.1. The van der Waals surface area contributed by atoms with Crippen LogP contribution in [0.5, 0.6) is 11.8 Å². The molecule has 0 N–H and O–H groups in total. The van der Waals surface area contributed by atoms with Gasteiger partial charge in [0.25, 0.3) is 0 Å². The molecule has 0 saturated carbocycles. The number of benzene rings is 6. The van der Waals surface area contributed by atoms with E-state index in [2.05, 4.69) is 173 Å². The van der Waals surface area contributed by atoms with Crippen LogP contribution in [0.15, 0.2) is 182 Å². The van der Waals surface area contributed by atoms with Crippen molar-refractivity contribution in [3.05, 3.63) is 193 Å². The summed E-state index contributed by atoms with van der Waals surface area (Å²) >= 11 is 0. The largest absolute Gasteiger partial charge is 0.522 e. The van der Waals surface area contributed by atoms with E-state index in [9.17, 15) is 4.79 Å². The van der Waals surface area contributed by atoms with Crippen LogP contribution < -0.4 is 9.47 Å². The van der Waals surface area contributed by atoms with Gasteiger partial charge in [0.2, 0.25) is 11.8 Å². The lowest BCUT2D eigenvalue weighted by Gasteiger charge is -2.23. The van der Waals surface area contributed by atoms with Gasteiger partial charge in [0.05, 0.1) is 11.4 Å². The number of hydrogen-bond acceptors (Lipinski definition) is 7. The number of rotatable bonds is 8. The zero-order valence-corrected chi connectivity index (χ0v) is 37.7. The van der Waals surface area contributed by atoms with Crippen LogP contribution in [-0.2, 0) is 10.8 Å². The third-order valence-corrected chi connectivity index (χ3v) is 11.9. The molecular weight excluding hydrogens is 817 g/mol. The second-order valence-corrected chi connectivity index (χ2v) is 18.5. The van der Waals surface area contributed by atoms with E-state index in [0.717, 1.165) is 44.5 Å². The summed E-state index contributed by atoms with van der Waals surface area (Å²) in [5.74, 6) is 1.21. The van der Waals surface area contributed by atoms with Crippen LogP contribution in [0.1, 0.15) is 52.7 Å². The Balaban J connectivity index is 1.02. The maximum Gasteiger partial charge on any atom is 0.522 e. The van der Waals surface area contributed by atoms with Crippen LogP contribution in [0.2, 0.25) is 0 Å². The first-order valence-corrected chi connectivity index (χ1v) is 22.1. The highest BCUT2D eigenvalue weighted by atomic mass is 16.7. The number of nitrogens with zero attached hydrogens (tertiary/aromatic N) is 6. The minimum atomic E-state index is -0.980. The number of pyridine rings is 2. The Hall–Kier alpha value is -8.17. The van der Waals surface area contributed by atoms with Crippen LogP contribution >= 0.6 is 0 Å². The molecule has 0 aliphatic rings. The summed E-state index contributed by atoms with van der Waals surface area (Å²) in [7, 11) is 0. The van der Waals surface area contributed by atoms with Crippen molar-refractivity contribution in [2.24, 2.45) is 0 Å². The number of hydrogen-bond donors (Lipinski definition) is 0. The smallest absolute Gasteiger partial charge is 0.375 e. The molecule has 0 bridgehead atoms. The summed E-state index contributed by atoms with van der Waals surface area (Å²) in [5, 5.41) is 14.8. The molecule has 0 aliphatic carbocycles. The number of carbonyl (C=O) groups excluding carboxylic acids is 1. The molecule has 0 unspecified atom stereocenters. The summed E-state index contributed by atoms with van der Waals surface area (Å²) in [6.07, 6.45) is 2.37. The zero-order chi connectivity index (χ0) is 45.6. The van der Waals surface area contributed by atoms with E-state index in [1.54, 1.807) is 24.5 Å². The summed E-state index contributed by atoms with van der Waals surface area (Å²) in [6, 6.07) is 57.0. The minimum absolute atomic E-state index is 0.134. The van der Waals surface area contributed by atoms with Crippen LogP contribution in [-0.4, -0.2) is 35.7 Å². The van der Waals surface area contributed by atoms with Crippen molar-refractivity contribution in [3.8, 4) is 68.2 Å². The van der Waals surface area contributed by atoms with E-state index in [0.29, 0.717) is 23.0 Å². The van der Waals surface area contributed by atoms with Gasteiger partial charge < -0.3 is 9.47 Å². The molecule has 0 amide bonds. The van der Waals surface area contributed by atoms with Gasteiger partial charge in [-0.25, -0.2) is 14.8 Å². The molecule has 0 saturated heterocycles. The van der Waals surface area contributed by atoms with E-state index in [1.165, 1.54) is 30.9 Å². The summed E-state index contributed by atoms with van der Waals surface area (Å²) in [5.41, 5.74) is 9.15. The molecule has 4 heterocycles. The standard InChI is InChI=1S/C57H48N6O3/c1-56(2,3)47-33-39(43-23-15-19-37-17-7-9-21-41(37)43)27-29-45(47)49-35-53(62(60-49)51-25-11-13-31-58-51)65-55(64)66-54-36-50(61-63(54)52-26-12-14-32-59-52)46-30-28-40(34-48(46)57(4,5)6)44-24-16-20-38-18-8-10-22-42(38)44/h7-36H,1-6H3. The van der Waals surface area contributed by atoms with Gasteiger partial charge in [0, 0.05) is 35.7 Å². The van der Waals surface area contributed by atoms with Gasteiger partial charge in [-0.1, -0.05) is 163 Å². The van der Waals surface area contributed by atoms with E-state index in [-0.39, 0.29) is 22.6 Å². The normalized spacial score (nSPS) is 11.8. The highest BCUT2D eigenvalue weighted by molar-refractivity contribution is 5.98. The molecule has 0 spiro atoms. The molecule has 10 aromatic rings. The van der Waals surface area contributed by atoms with Gasteiger partial charge in [0.15, 0.2) is 11.6 Å². The molecule has 6 aromatic carbocycles. The Kier molecular flexibility index (Phi) is 10.6. The lowest BCUT2D eigenvalue weighted by Crippen LogP contribution is -2.18. The lowest BCUT2D eigenvalue weighted by atomic mass is 9.81. The summed E-state index contributed by atoms with van der Waals surface area (Å²) < 4.78 is 15.2. The van der Waals surface area contributed by atoms with Crippen molar-refractivity contribution >= 4 is 27.7 Å². The van der Waals surface area contributed by atoms with E-state index >= 15 is 0 Å². The SMILES string of the molecule is CC(C)(C)c1cc(-c2cccc3ccccc23)ccc1-c1cc(OC(=O)Oc2cc(-c3ccc(-c4cccc5ccccc45)cc3C(C)(C)C)nn2-c2ccccn2)n(-c2ccccn2)n1. The highest BCUT2D eigenvalue weighted by Gasteiger charge is 2.27. The fraction of sp³-hybridized carbons (Fsp3) is 0.140. The van der Waals surface area contributed by atoms with Gasteiger partial charge in [-0.15, -0.1) is 0 Å². The van der Waals surface area contributed by atoms with Crippen LogP contribution in [0.25, 0.3) is 77.9 Å². The monoisotopic (exact) mass is 864 g/mol. The van der Waals surface area contributed by atoms with Crippen LogP contribution in [0, 0.1) is 0 Å². The first-order chi connectivity index (χ1) is 31.9. The Bertz CT molecular complexity index is 3180. The topological polar surface area (TPSA) is 97.0 Å². The van der Waals surface area contributed by atoms with Gasteiger partial charge >= 0.3 is 6.16 Å². The van der Waals surface area contributed by atoms with Gasteiger partial charge in [0.1, 0.15) is 0 Å². The van der Waals surface area contributed by atoms with Crippen molar-refractivity contribution < 1.29 is 14.3 Å². The van der Waals surface area contributed by atoms with Crippen molar-refractivity contribution in [3.63, 3.8) is 0 Å². The van der Waals surface area contributed by atoms with Gasteiger partial charge in [-0.2, -0.15) is 19.6 Å². The Labute approximate surface area is 384 Å². The number of fused-ring (bicyclic) bond motifs is 2. The number of aromatic nitrogens is 6. The number of carbonyl (C=O) groups is 1. The molecule has 9 nitrogen and oxygen atoms in total. The second-order valence-electron chi connectivity index (χ2n) is 18.5. The number of ether oxygens (including phenoxy) is 2. The van der Waals surface area contributed by atoms with Crippen LogP contribution in [0.4, 0.5) is 4.79 Å². The fourth-order valence-corrected chi connectivity index (χ4v) is 8.68. The predicted octanol–water partition coefficient (Wildman–Crippen LogP) is 14.0. The average molecular weight is 865 g/mol. The third-order valence-electron chi connectivity index (χ3n) is 11.9. The Morgan fingerprint density at radius 2 is 0.848 bits per heavy atom. The Morgan fingerprint density at radius 3 is 1.26 bits per heavy atom. The van der Waals surface area contributed by atoms with Crippen molar-refractivity contribution in [1.82, 2.24) is 29.5 Å². The van der Waals surface area contributed by atoms with E-state index in [1.807, 2.05) is 36.4 Å². The van der Waals surface area contributed by atoms with E-state index in [4.69, 9.17) is 19.7 Å². The highest BCUT2D eigenvalue weighted by Crippen LogP contribution is 2.41. The zero-order valence-electron chi connectivity index (χ0n) is 37.7. The molecule has 9 heteroatoms. The molecule has 66 heavy (non-hydrogen) atoms. The fourth-order valence-electron chi connectivity index (χ4n) is 8.68. The first-order valence-electron chi connectivity index (χ1n) is 22.1. The average Bonchev–Trinajstić information content (AvgIpc) is 3.95. The molecule has 4 aromatic heterocycles. The lowest BCUT2D eigenvalue weighted by molar-refractivity contribution is 0.145. The van der Waals surface area contributed by atoms with Gasteiger partial charge in [-0.3, -0.25) is 0 Å². The van der Waals surface area contributed by atoms with Crippen molar-refractivity contribution in [2.45, 2.75) is 52.4 Å². The summed E-state index contributed by atoms with van der Waals surface area (Å²) in [6.45, 7) is 13.1.